The third-order valence-electron chi connectivity index (χ3n) is 4.86. The second-order valence-corrected chi connectivity index (χ2v) is 9.12. The van der Waals surface area contributed by atoms with Crippen molar-refractivity contribution in [3.8, 4) is 0 Å². The van der Waals surface area contributed by atoms with Gasteiger partial charge in [0.05, 0.1) is 26.3 Å². The van der Waals surface area contributed by atoms with E-state index in [1.54, 1.807) is 13.8 Å². The second-order valence-electron chi connectivity index (χ2n) is 7.71. The lowest BCUT2D eigenvalue weighted by molar-refractivity contribution is -0.696. The maximum Gasteiger partial charge on any atom is 0.267 e. The van der Waals surface area contributed by atoms with Crippen LogP contribution in [0.2, 0.25) is 0 Å². The van der Waals surface area contributed by atoms with Crippen molar-refractivity contribution in [3.63, 3.8) is 0 Å². The van der Waals surface area contributed by atoms with Crippen molar-refractivity contribution >= 4 is 7.82 Å². The van der Waals surface area contributed by atoms with Gasteiger partial charge in [-0.25, -0.2) is 9.13 Å². The molecule has 1 heterocycles. The molecular weight excluding hydrogens is 399 g/mol. The van der Waals surface area contributed by atoms with E-state index in [-0.39, 0.29) is 13.2 Å². The molecule has 0 aliphatic heterocycles. The van der Waals surface area contributed by atoms with Crippen LogP contribution >= 0.6 is 7.82 Å². The Morgan fingerprint density at radius 1 is 0.800 bits per heavy atom. The van der Waals surface area contributed by atoms with Gasteiger partial charge in [-0.05, 0) is 33.1 Å². The molecule has 0 aliphatic rings. The highest BCUT2D eigenvalue weighted by molar-refractivity contribution is 7.45. The van der Waals surface area contributed by atoms with Crippen LogP contribution in [-0.4, -0.2) is 17.8 Å². The molecule has 7 heteroatoms. The molecule has 0 bridgehead atoms. The maximum atomic E-state index is 10.4. The first-order chi connectivity index (χ1) is 14.5. The third-order valence-corrected chi connectivity index (χ3v) is 6.01. The van der Waals surface area contributed by atoms with Crippen LogP contribution in [0.3, 0.4) is 0 Å². The van der Waals surface area contributed by atoms with Crippen molar-refractivity contribution in [2.45, 2.75) is 118 Å². The number of rotatable bonds is 18. The minimum Gasteiger partial charge on any atom is -0.756 e. The number of unbranched alkanes of at least 4 members (excludes halogenated alkanes) is 10. The molecule has 0 N–H and O–H groups in total. The number of phosphoric acid groups is 1. The number of aryl methyl sites for hydroxylation is 2. The smallest absolute Gasteiger partial charge is 0.267 e. The summed E-state index contributed by atoms with van der Waals surface area (Å²) < 4.78 is 23.6. The maximum absolute atomic E-state index is 10.4. The normalized spacial score (nSPS) is 11.4. The molecule has 0 saturated carbocycles. The van der Waals surface area contributed by atoms with E-state index in [1.165, 1.54) is 90.1 Å². The molecule has 0 spiro atoms. The summed E-state index contributed by atoms with van der Waals surface area (Å²) in [4.78, 5) is 10.4. The number of hydrogen-bond donors (Lipinski definition) is 0. The van der Waals surface area contributed by atoms with Gasteiger partial charge in [0.1, 0.15) is 12.4 Å². The van der Waals surface area contributed by atoms with Crippen LogP contribution in [0.15, 0.2) is 18.7 Å². The summed E-state index contributed by atoms with van der Waals surface area (Å²) in [6.07, 6.45) is 23.4. The van der Waals surface area contributed by atoms with E-state index >= 15 is 0 Å². The van der Waals surface area contributed by atoms with E-state index in [1.807, 2.05) is 0 Å². The fourth-order valence-corrected chi connectivity index (χ4v) is 3.89. The molecule has 0 unspecified atom stereocenters. The van der Waals surface area contributed by atoms with Gasteiger partial charge in [-0.1, -0.05) is 71.6 Å². The minimum absolute atomic E-state index is 0.126. The van der Waals surface area contributed by atoms with Gasteiger partial charge in [0.2, 0.25) is 6.33 Å². The summed E-state index contributed by atoms with van der Waals surface area (Å²) >= 11 is 0. The molecule has 1 aromatic heterocycles. The first-order valence-corrected chi connectivity index (χ1v) is 13.6. The summed E-state index contributed by atoms with van der Waals surface area (Å²) in [6.45, 7) is 10.3. The van der Waals surface area contributed by atoms with Crippen LogP contribution in [0.5, 0.6) is 0 Å². The Labute approximate surface area is 185 Å². The minimum atomic E-state index is -3.94. The SMILES string of the molecule is CCCCCCCCCCCC[n+]1ccn(CCCC)c1.CCOP(=O)([O-])OCC. The van der Waals surface area contributed by atoms with Gasteiger partial charge in [0.15, 0.2) is 0 Å². The van der Waals surface area contributed by atoms with Gasteiger partial charge in [-0.2, -0.15) is 0 Å². The average Bonchev–Trinajstić information content (AvgIpc) is 3.16. The van der Waals surface area contributed by atoms with Gasteiger partial charge in [0.25, 0.3) is 7.82 Å². The monoisotopic (exact) mass is 446 g/mol. The molecule has 0 saturated heterocycles. The highest BCUT2D eigenvalue weighted by Gasteiger charge is 2.04. The zero-order chi connectivity index (χ0) is 22.5. The van der Waals surface area contributed by atoms with Crippen molar-refractivity contribution < 1.29 is 23.1 Å². The van der Waals surface area contributed by atoms with E-state index < -0.39 is 7.82 Å². The number of hydrogen-bond acceptors (Lipinski definition) is 4. The lowest BCUT2D eigenvalue weighted by Gasteiger charge is -2.20. The molecule has 30 heavy (non-hydrogen) atoms. The van der Waals surface area contributed by atoms with Crippen molar-refractivity contribution in [3.05, 3.63) is 18.7 Å². The summed E-state index contributed by atoms with van der Waals surface area (Å²) in [5.74, 6) is 0. The van der Waals surface area contributed by atoms with E-state index in [2.05, 4.69) is 50.8 Å². The third kappa shape index (κ3) is 18.1. The zero-order valence-electron chi connectivity index (χ0n) is 20.0. The summed E-state index contributed by atoms with van der Waals surface area (Å²) in [6, 6.07) is 0. The first kappa shape index (κ1) is 29.3. The summed E-state index contributed by atoms with van der Waals surface area (Å²) in [5.41, 5.74) is 0. The molecule has 0 aliphatic carbocycles. The van der Waals surface area contributed by atoms with Crippen LogP contribution in [0, 0.1) is 0 Å². The molecular formula is C23H47N2O4P. The number of aromatic nitrogens is 2. The Hall–Kier alpha value is -0.680. The quantitative estimate of drug-likeness (QED) is 0.157. The average molecular weight is 447 g/mol. The number of phosphoric ester groups is 1. The molecule has 6 nitrogen and oxygen atoms in total. The van der Waals surface area contributed by atoms with E-state index in [0.717, 1.165) is 0 Å². The Kier molecular flexibility index (Phi) is 19.8. The first-order valence-electron chi connectivity index (χ1n) is 12.1. The van der Waals surface area contributed by atoms with Crippen LogP contribution in [0.4, 0.5) is 0 Å². The van der Waals surface area contributed by atoms with E-state index in [4.69, 9.17) is 0 Å². The van der Waals surface area contributed by atoms with Crippen molar-refractivity contribution in [2.75, 3.05) is 13.2 Å². The molecule has 0 atom stereocenters. The Balaban J connectivity index is 0.000000787. The largest absolute Gasteiger partial charge is 0.756 e. The molecule has 0 amide bonds. The summed E-state index contributed by atoms with van der Waals surface area (Å²) in [5, 5.41) is 0. The lowest BCUT2D eigenvalue weighted by Crippen LogP contribution is -2.30. The van der Waals surface area contributed by atoms with E-state index in [0.29, 0.717) is 0 Å². The predicted octanol–water partition coefficient (Wildman–Crippen LogP) is 6.02. The zero-order valence-corrected chi connectivity index (χ0v) is 20.9. The van der Waals surface area contributed by atoms with Gasteiger partial charge in [-0.15, -0.1) is 0 Å². The fraction of sp³-hybridized carbons (Fsp3) is 0.870. The fourth-order valence-electron chi connectivity index (χ4n) is 3.18. The van der Waals surface area contributed by atoms with Crippen LogP contribution < -0.4 is 9.46 Å². The van der Waals surface area contributed by atoms with Gasteiger partial charge in [0, 0.05) is 0 Å². The molecule has 0 fully saturated rings. The number of nitrogens with zero attached hydrogens (tertiary/aromatic N) is 2. The highest BCUT2D eigenvalue weighted by atomic mass is 31.2. The van der Waals surface area contributed by atoms with Gasteiger partial charge in [-0.3, -0.25) is 4.57 Å². The Morgan fingerprint density at radius 2 is 1.30 bits per heavy atom. The number of imidazole rings is 1. The van der Waals surface area contributed by atoms with Crippen LogP contribution in [-0.2, 0) is 26.7 Å². The second kappa shape index (κ2) is 20.2. The summed E-state index contributed by atoms with van der Waals surface area (Å²) in [7, 11) is -3.94. The molecule has 178 valence electrons. The van der Waals surface area contributed by atoms with Gasteiger partial charge < -0.3 is 13.9 Å². The molecule has 1 rings (SSSR count). The van der Waals surface area contributed by atoms with Crippen molar-refractivity contribution in [2.24, 2.45) is 0 Å². The predicted molar refractivity (Wildman–Crippen MR) is 122 cm³/mol. The lowest BCUT2D eigenvalue weighted by atomic mass is 10.1. The molecule has 0 radical (unpaired) electrons. The highest BCUT2D eigenvalue weighted by Crippen LogP contribution is 2.37. The van der Waals surface area contributed by atoms with Crippen molar-refractivity contribution in [1.82, 2.24) is 4.57 Å². The van der Waals surface area contributed by atoms with Crippen LogP contribution in [0.25, 0.3) is 0 Å². The molecule has 0 aromatic carbocycles. The van der Waals surface area contributed by atoms with Gasteiger partial charge >= 0.3 is 0 Å². The standard InChI is InChI=1S/C19H37N2.C4H11O4P/c1-3-5-7-8-9-10-11-12-13-14-16-21-18-17-20(19-21)15-6-4-2;1-3-7-9(5,6)8-4-2/h17-19H,3-16H2,1-2H3;3-4H2,1-2H3,(H,5,6)/q+1;/p-1. The van der Waals surface area contributed by atoms with Crippen molar-refractivity contribution in [1.29, 1.82) is 0 Å². The Bertz CT molecular complexity index is 527. The molecule has 1 aromatic rings. The Morgan fingerprint density at radius 3 is 1.80 bits per heavy atom. The van der Waals surface area contributed by atoms with E-state index in [9.17, 15) is 9.46 Å². The van der Waals surface area contributed by atoms with Crippen LogP contribution in [0.1, 0.15) is 105 Å². The topological polar surface area (TPSA) is 67.4 Å².